The number of carbonyl (C=O) groups is 1. The van der Waals surface area contributed by atoms with Gasteiger partial charge in [-0.2, -0.15) is 0 Å². The van der Waals surface area contributed by atoms with Crippen LogP contribution in [0.2, 0.25) is 0 Å². The molecule has 2 aliphatic rings. The van der Waals surface area contributed by atoms with Gasteiger partial charge in [0, 0.05) is 37.8 Å². The fourth-order valence-electron chi connectivity index (χ4n) is 4.19. The number of hydrogen-bond donors (Lipinski definition) is 1. The van der Waals surface area contributed by atoms with E-state index in [1.54, 1.807) is 12.1 Å². The Kier molecular flexibility index (Phi) is 5.99. The third kappa shape index (κ3) is 3.94. The Labute approximate surface area is 155 Å². The van der Waals surface area contributed by atoms with Crippen LogP contribution in [-0.2, 0) is 4.74 Å². The first kappa shape index (κ1) is 18.9. The van der Waals surface area contributed by atoms with Gasteiger partial charge in [-0.15, -0.1) is 0 Å². The van der Waals surface area contributed by atoms with Gasteiger partial charge in [0.25, 0.3) is 5.91 Å². The minimum absolute atomic E-state index is 0.00469. The molecular formula is C21H29NO4. The monoisotopic (exact) mass is 359 g/mol. The quantitative estimate of drug-likeness (QED) is 0.822. The van der Waals surface area contributed by atoms with E-state index in [1.165, 1.54) is 0 Å². The lowest BCUT2D eigenvalue weighted by molar-refractivity contribution is -0.125. The van der Waals surface area contributed by atoms with E-state index in [4.69, 9.17) is 9.47 Å². The largest absolute Gasteiger partial charge is 0.490 e. The third-order valence-corrected chi connectivity index (χ3v) is 5.79. The third-order valence-electron chi connectivity index (χ3n) is 5.79. The molecule has 1 aromatic carbocycles. The highest BCUT2D eigenvalue weighted by Crippen LogP contribution is 2.39. The summed E-state index contributed by atoms with van der Waals surface area (Å²) in [5, 5.41) is 11.3. The van der Waals surface area contributed by atoms with Gasteiger partial charge < -0.3 is 19.5 Å². The van der Waals surface area contributed by atoms with Crippen LogP contribution in [0.3, 0.4) is 0 Å². The average molecular weight is 359 g/mol. The molecule has 0 bridgehead atoms. The van der Waals surface area contributed by atoms with Crippen molar-refractivity contribution in [2.24, 2.45) is 11.8 Å². The number of piperidine rings is 1. The Bertz CT molecular complexity index is 641. The van der Waals surface area contributed by atoms with Gasteiger partial charge in [-0.3, -0.25) is 4.79 Å². The molecule has 26 heavy (non-hydrogen) atoms. The summed E-state index contributed by atoms with van der Waals surface area (Å²) >= 11 is 0. The van der Waals surface area contributed by atoms with Gasteiger partial charge in [0.15, 0.2) is 0 Å². The molecule has 1 N–H and O–H groups in total. The van der Waals surface area contributed by atoms with Crippen LogP contribution >= 0.6 is 0 Å². The van der Waals surface area contributed by atoms with E-state index in [9.17, 15) is 9.90 Å². The number of aliphatic hydroxyl groups is 1. The first-order valence-corrected chi connectivity index (χ1v) is 9.47. The van der Waals surface area contributed by atoms with Crippen LogP contribution in [0.5, 0.6) is 5.75 Å². The molecule has 0 unspecified atom stereocenters. The summed E-state index contributed by atoms with van der Waals surface area (Å²) in [6.45, 7) is 8.70. The smallest absolute Gasteiger partial charge is 0.254 e. The molecular weight excluding hydrogens is 330 g/mol. The number of ether oxygens (including phenoxy) is 2. The zero-order chi connectivity index (χ0) is 18.6. The van der Waals surface area contributed by atoms with E-state index < -0.39 is 5.60 Å². The van der Waals surface area contributed by atoms with Gasteiger partial charge in [0.05, 0.1) is 5.60 Å². The molecule has 0 spiro atoms. The van der Waals surface area contributed by atoms with Crippen molar-refractivity contribution in [3.05, 3.63) is 42.5 Å². The van der Waals surface area contributed by atoms with Gasteiger partial charge >= 0.3 is 0 Å². The molecule has 0 saturated carbocycles. The Morgan fingerprint density at radius 1 is 1.46 bits per heavy atom. The Hall–Kier alpha value is -1.85. The Morgan fingerprint density at radius 3 is 2.92 bits per heavy atom. The van der Waals surface area contributed by atoms with E-state index in [0.717, 1.165) is 26.1 Å². The van der Waals surface area contributed by atoms with Crippen molar-refractivity contribution in [2.45, 2.75) is 31.8 Å². The molecule has 142 valence electrons. The highest BCUT2D eigenvalue weighted by molar-refractivity contribution is 5.94. The minimum atomic E-state index is -0.699. The molecule has 2 heterocycles. The van der Waals surface area contributed by atoms with E-state index in [1.807, 2.05) is 23.1 Å². The van der Waals surface area contributed by atoms with Crippen LogP contribution in [0.4, 0.5) is 0 Å². The molecule has 0 aromatic heterocycles. The van der Waals surface area contributed by atoms with Crippen LogP contribution < -0.4 is 4.74 Å². The summed E-state index contributed by atoms with van der Waals surface area (Å²) in [5.41, 5.74) is -0.0783. The molecule has 5 heteroatoms. The van der Waals surface area contributed by atoms with E-state index >= 15 is 0 Å². The maximum Gasteiger partial charge on any atom is 0.254 e. The highest BCUT2D eigenvalue weighted by atomic mass is 16.5. The number of amides is 1. The summed E-state index contributed by atoms with van der Waals surface area (Å²) in [7, 11) is 0. The summed E-state index contributed by atoms with van der Waals surface area (Å²) in [4.78, 5) is 14.8. The van der Waals surface area contributed by atoms with Crippen molar-refractivity contribution >= 4 is 5.91 Å². The maximum absolute atomic E-state index is 12.9. The normalized spacial score (nSPS) is 27.2. The molecule has 2 saturated heterocycles. The van der Waals surface area contributed by atoms with Crippen LogP contribution in [0.15, 0.2) is 36.9 Å². The summed E-state index contributed by atoms with van der Waals surface area (Å²) in [5.74, 6) is 0.970. The second kappa shape index (κ2) is 8.23. The molecule has 2 fully saturated rings. The Morgan fingerprint density at radius 2 is 2.23 bits per heavy atom. The van der Waals surface area contributed by atoms with Crippen molar-refractivity contribution in [3.8, 4) is 5.75 Å². The zero-order valence-electron chi connectivity index (χ0n) is 15.5. The average Bonchev–Trinajstić information content (AvgIpc) is 2.69. The summed E-state index contributed by atoms with van der Waals surface area (Å²) < 4.78 is 11.0. The van der Waals surface area contributed by atoms with Crippen molar-refractivity contribution < 1.29 is 19.4 Å². The molecule has 1 amide bonds. The number of hydrogen-bond acceptors (Lipinski definition) is 4. The van der Waals surface area contributed by atoms with Gasteiger partial charge in [0.1, 0.15) is 12.4 Å². The molecule has 3 rings (SSSR count). The first-order valence-electron chi connectivity index (χ1n) is 9.47. The summed E-state index contributed by atoms with van der Waals surface area (Å²) in [6, 6.07) is 7.25. The molecule has 5 nitrogen and oxygen atoms in total. The summed E-state index contributed by atoms with van der Waals surface area (Å²) in [6.07, 6.45) is 4.10. The number of likely N-dealkylation sites (tertiary alicyclic amines) is 1. The predicted molar refractivity (Wildman–Crippen MR) is 100 cm³/mol. The fourth-order valence-corrected chi connectivity index (χ4v) is 4.19. The molecule has 0 aliphatic carbocycles. The van der Waals surface area contributed by atoms with Crippen LogP contribution in [0.1, 0.15) is 36.5 Å². The van der Waals surface area contributed by atoms with E-state index in [2.05, 4.69) is 13.5 Å². The molecule has 0 radical (unpaired) electrons. The number of carbonyl (C=O) groups excluding carboxylic acids is 1. The predicted octanol–water partition coefficient (Wildman–Crippen LogP) is 2.89. The van der Waals surface area contributed by atoms with Crippen LogP contribution in [0.25, 0.3) is 0 Å². The molecule has 2 atom stereocenters. The fraction of sp³-hybridized carbons (Fsp3) is 0.571. The van der Waals surface area contributed by atoms with Gasteiger partial charge in [-0.1, -0.05) is 25.6 Å². The zero-order valence-corrected chi connectivity index (χ0v) is 15.5. The van der Waals surface area contributed by atoms with E-state index in [0.29, 0.717) is 37.4 Å². The second-order valence-corrected chi connectivity index (χ2v) is 7.41. The molecule has 2 aliphatic heterocycles. The lowest BCUT2D eigenvalue weighted by Crippen LogP contribution is -2.56. The SMILES string of the molecule is C=CCOc1cccc(C(=O)N2CC[C@@](O)(C3CCOCC3)[C@H](C)C2)c1. The maximum atomic E-state index is 12.9. The van der Waals surface area contributed by atoms with Gasteiger partial charge in [-0.05, 0) is 43.4 Å². The van der Waals surface area contributed by atoms with Crippen molar-refractivity contribution in [3.63, 3.8) is 0 Å². The first-order chi connectivity index (χ1) is 12.5. The number of benzene rings is 1. The van der Waals surface area contributed by atoms with Crippen LogP contribution in [-0.4, -0.2) is 54.4 Å². The standard InChI is InChI=1S/C21H29NO4/c1-3-11-26-19-6-4-5-17(14-19)20(23)22-10-9-21(24,16(2)15-22)18-7-12-25-13-8-18/h3-6,14,16,18,24H,1,7-13,15H2,2H3/t16-,21+/m1/s1. The molecule has 1 aromatic rings. The number of rotatable bonds is 5. The minimum Gasteiger partial charge on any atom is -0.490 e. The van der Waals surface area contributed by atoms with Gasteiger partial charge in [0.2, 0.25) is 0 Å². The highest BCUT2D eigenvalue weighted by Gasteiger charge is 2.46. The van der Waals surface area contributed by atoms with Gasteiger partial charge in [-0.25, -0.2) is 0 Å². The van der Waals surface area contributed by atoms with Crippen LogP contribution in [0, 0.1) is 11.8 Å². The second-order valence-electron chi connectivity index (χ2n) is 7.41. The lowest BCUT2D eigenvalue weighted by Gasteiger charge is -2.48. The topological polar surface area (TPSA) is 59.0 Å². The van der Waals surface area contributed by atoms with Crippen molar-refractivity contribution in [1.29, 1.82) is 0 Å². The van der Waals surface area contributed by atoms with Crippen molar-refractivity contribution in [1.82, 2.24) is 4.90 Å². The van der Waals surface area contributed by atoms with Crippen molar-refractivity contribution in [2.75, 3.05) is 32.9 Å². The number of nitrogens with zero attached hydrogens (tertiary/aromatic N) is 1. The van der Waals surface area contributed by atoms with E-state index in [-0.39, 0.29) is 17.7 Å². The Balaban J connectivity index is 1.66. The lowest BCUT2D eigenvalue weighted by atomic mass is 9.70.